The Labute approximate surface area is 124 Å². The fraction of sp³-hybridized carbons (Fsp3) is 0.214. The fourth-order valence-electron chi connectivity index (χ4n) is 2.42. The Hall–Kier alpha value is -1.10. The van der Waals surface area contributed by atoms with Crippen LogP contribution in [0.3, 0.4) is 0 Å². The van der Waals surface area contributed by atoms with E-state index in [2.05, 4.69) is 26.2 Å². The van der Waals surface area contributed by atoms with Crippen LogP contribution in [0.25, 0.3) is 0 Å². The molecule has 1 heterocycles. The summed E-state index contributed by atoms with van der Waals surface area (Å²) in [7, 11) is 0. The summed E-state index contributed by atoms with van der Waals surface area (Å²) in [6, 6.07) is 9.64. The number of anilines is 1. The van der Waals surface area contributed by atoms with Crippen LogP contribution in [0.2, 0.25) is 5.02 Å². The maximum absolute atomic E-state index is 10.2. The molecule has 0 saturated carbocycles. The van der Waals surface area contributed by atoms with Crippen LogP contribution in [0.5, 0.6) is 0 Å². The predicted molar refractivity (Wildman–Crippen MR) is 79.5 cm³/mol. The van der Waals surface area contributed by atoms with E-state index in [9.17, 15) is 5.11 Å². The second-order valence-electron chi connectivity index (χ2n) is 4.58. The van der Waals surface area contributed by atoms with E-state index in [0.717, 1.165) is 10.0 Å². The third-order valence-electron chi connectivity index (χ3n) is 3.30. The molecule has 98 valence electrons. The van der Waals surface area contributed by atoms with Crippen LogP contribution in [-0.4, -0.2) is 16.2 Å². The smallest absolute Gasteiger partial charge is 0.145 e. The van der Waals surface area contributed by atoms with Gasteiger partial charge in [0.25, 0.3) is 0 Å². The molecule has 1 aromatic heterocycles. The monoisotopic (exact) mass is 338 g/mol. The van der Waals surface area contributed by atoms with Gasteiger partial charge < -0.3 is 10.4 Å². The molecule has 5 heteroatoms. The second-order valence-corrected chi connectivity index (χ2v) is 5.90. The van der Waals surface area contributed by atoms with E-state index >= 15 is 0 Å². The average Bonchev–Trinajstić information content (AvgIpc) is 2.69. The Morgan fingerprint density at radius 2 is 2.16 bits per heavy atom. The minimum Gasteiger partial charge on any atom is -0.390 e. The summed E-state index contributed by atoms with van der Waals surface area (Å²) in [5.74, 6) is 0.589. The first-order valence-corrected chi connectivity index (χ1v) is 7.15. The van der Waals surface area contributed by atoms with Gasteiger partial charge in [0.1, 0.15) is 5.82 Å². The highest BCUT2D eigenvalue weighted by Crippen LogP contribution is 2.35. The number of hydrogen-bond acceptors (Lipinski definition) is 3. The quantitative estimate of drug-likeness (QED) is 0.879. The third kappa shape index (κ3) is 2.48. The summed E-state index contributed by atoms with van der Waals surface area (Å²) in [5, 5.41) is 13.9. The van der Waals surface area contributed by atoms with Crippen molar-refractivity contribution >= 4 is 33.3 Å². The molecule has 0 spiro atoms. The highest BCUT2D eigenvalue weighted by Gasteiger charge is 2.31. The lowest BCUT2D eigenvalue weighted by Gasteiger charge is -2.19. The van der Waals surface area contributed by atoms with Crippen LogP contribution in [0.1, 0.15) is 17.2 Å². The molecule has 0 fully saturated rings. The Balaban J connectivity index is 1.91. The van der Waals surface area contributed by atoms with Gasteiger partial charge in [-0.25, -0.2) is 4.98 Å². The Morgan fingerprint density at radius 1 is 1.37 bits per heavy atom. The van der Waals surface area contributed by atoms with E-state index in [1.807, 2.05) is 24.3 Å². The number of rotatable bonds is 2. The van der Waals surface area contributed by atoms with E-state index in [1.165, 1.54) is 5.56 Å². The van der Waals surface area contributed by atoms with E-state index in [1.54, 1.807) is 12.3 Å². The van der Waals surface area contributed by atoms with Gasteiger partial charge in [-0.2, -0.15) is 0 Å². The number of fused-ring (bicyclic) bond motifs is 1. The second kappa shape index (κ2) is 5.12. The number of nitrogens with zero attached hydrogens (tertiary/aromatic N) is 1. The molecule has 0 saturated heterocycles. The van der Waals surface area contributed by atoms with E-state index in [-0.39, 0.29) is 6.04 Å². The summed E-state index contributed by atoms with van der Waals surface area (Å²) in [5.41, 5.74) is 2.27. The Bertz CT molecular complexity index is 620. The van der Waals surface area contributed by atoms with Crippen molar-refractivity contribution in [3.8, 4) is 0 Å². The highest BCUT2D eigenvalue weighted by atomic mass is 79.9. The predicted octanol–water partition coefficient (Wildman–Crippen LogP) is 3.57. The summed E-state index contributed by atoms with van der Waals surface area (Å²) in [6.07, 6.45) is 1.88. The maximum atomic E-state index is 10.2. The van der Waals surface area contributed by atoms with Crippen LogP contribution in [0, 0.1) is 0 Å². The number of halogens is 2. The lowest BCUT2D eigenvalue weighted by Crippen LogP contribution is -2.21. The van der Waals surface area contributed by atoms with Crippen molar-refractivity contribution in [2.45, 2.75) is 18.6 Å². The van der Waals surface area contributed by atoms with Gasteiger partial charge in [-0.1, -0.05) is 35.9 Å². The number of pyridine rings is 1. The molecule has 3 rings (SSSR count). The summed E-state index contributed by atoms with van der Waals surface area (Å²) < 4.78 is 0.829. The molecule has 2 unspecified atom stereocenters. The number of nitrogens with one attached hydrogen (secondary N) is 1. The molecule has 1 aliphatic carbocycles. The van der Waals surface area contributed by atoms with E-state index in [4.69, 9.17) is 11.6 Å². The normalized spacial score (nSPS) is 21.2. The average molecular weight is 340 g/mol. The van der Waals surface area contributed by atoms with Crippen molar-refractivity contribution in [2.75, 3.05) is 5.32 Å². The molecule has 2 atom stereocenters. The fourth-order valence-corrected chi connectivity index (χ4v) is 3.10. The van der Waals surface area contributed by atoms with Crippen molar-refractivity contribution in [1.29, 1.82) is 0 Å². The molecule has 19 heavy (non-hydrogen) atoms. The van der Waals surface area contributed by atoms with Crippen LogP contribution < -0.4 is 5.32 Å². The van der Waals surface area contributed by atoms with Crippen molar-refractivity contribution < 1.29 is 5.11 Å². The van der Waals surface area contributed by atoms with Gasteiger partial charge in [-0.15, -0.1) is 0 Å². The van der Waals surface area contributed by atoms with Gasteiger partial charge in [0.2, 0.25) is 0 Å². The minimum atomic E-state index is -0.459. The van der Waals surface area contributed by atoms with E-state index in [0.29, 0.717) is 17.3 Å². The van der Waals surface area contributed by atoms with Crippen molar-refractivity contribution in [2.24, 2.45) is 0 Å². The molecular weight excluding hydrogens is 328 g/mol. The Morgan fingerprint density at radius 3 is 2.95 bits per heavy atom. The van der Waals surface area contributed by atoms with Crippen molar-refractivity contribution in [3.63, 3.8) is 0 Å². The van der Waals surface area contributed by atoms with Gasteiger partial charge in [-0.05, 0) is 33.1 Å². The molecule has 2 N–H and O–H groups in total. The Kier molecular flexibility index (Phi) is 3.48. The van der Waals surface area contributed by atoms with Gasteiger partial charge >= 0.3 is 0 Å². The number of aliphatic hydroxyl groups excluding tert-OH is 1. The molecule has 1 aromatic carbocycles. The van der Waals surface area contributed by atoms with Gasteiger partial charge in [0.05, 0.1) is 17.2 Å². The molecular formula is C14H12BrClN2O. The summed E-state index contributed by atoms with van der Waals surface area (Å²) in [4.78, 5) is 4.25. The van der Waals surface area contributed by atoms with Crippen molar-refractivity contribution in [1.82, 2.24) is 4.98 Å². The van der Waals surface area contributed by atoms with Crippen LogP contribution in [0.4, 0.5) is 5.82 Å². The summed E-state index contributed by atoms with van der Waals surface area (Å²) >= 11 is 9.47. The lowest BCUT2D eigenvalue weighted by atomic mass is 10.1. The molecule has 1 aliphatic rings. The topological polar surface area (TPSA) is 45.1 Å². The molecule has 2 aromatic rings. The van der Waals surface area contributed by atoms with Gasteiger partial charge in [0.15, 0.2) is 0 Å². The number of benzene rings is 1. The molecule has 0 radical (unpaired) electrons. The molecule has 0 bridgehead atoms. The van der Waals surface area contributed by atoms with Gasteiger partial charge in [0, 0.05) is 17.1 Å². The number of aromatic nitrogens is 1. The third-order valence-corrected chi connectivity index (χ3v) is 4.03. The molecule has 3 nitrogen and oxygen atoms in total. The maximum Gasteiger partial charge on any atom is 0.145 e. The van der Waals surface area contributed by atoms with Crippen LogP contribution in [0.15, 0.2) is 41.0 Å². The zero-order valence-corrected chi connectivity index (χ0v) is 12.3. The molecule has 0 amide bonds. The zero-order chi connectivity index (χ0) is 13.4. The number of aliphatic hydroxyl groups is 1. The lowest BCUT2D eigenvalue weighted by molar-refractivity contribution is 0.165. The van der Waals surface area contributed by atoms with Crippen molar-refractivity contribution in [3.05, 3.63) is 57.2 Å². The molecule has 0 aliphatic heterocycles. The van der Waals surface area contributed by atoms with E-state index < -0.39 is 6.10 Å². The van der Waals surface area contributed by atoms with Gasteiger partial charge in [-0.3, -0.25) is 0 Å². The number of hydrogen-bond donors (Lipinski definition) is 2. The van der Waals surface area contributed by atoms with Crippen LogP contribution >= 0.6 is 27.5 Å². The SMILES string of the molecule is OC1Cc2ccccc2C1Nc1ncc(Br)cc1Cl. The highest BCUT2D eigenvalue weighted by molar-refractivity contribution is 9.10. The largest absolute Gasteiger partial charge is 0.390 e. The zero-order valence-electron chi connectivity index (χ0n) is 9.98. The minimum absolute atomic E-state index is 0.164. The first-order valence-electron chi connectivity index (χ1n) is 5.98. The standard InChI is InChI=1S/C14H12BrClN2O/c15-9-6-11(16)14(17-7-9)18-13-10-4-2-1-3-8(10)5-12(13)19/h1-4,6-7,12-13,19H,5H2,(H,17,18). The summed E-state index contributed by atoms with van der Waals surface area (Å²) in [6.45, 7) is 0. The first kappa shape index (κ1) is 12.9. The first-order chi connectivity index (χ1) is 9.15. The van der Waals surface area contributed by atoms with Crippen LogP contribution in [-0.2, 0) is 6.42 Å².